The van der Waals surface area contributed by atoms with Crippen molar-refractivity contribution >= 4 is 5.97 Å². The van der Waals surface area contributed by atoms with Crippen molar-refractivity contribution in [2.75, 3.05) is 6.54 Å². The van der Waals surface area contributed by atoms with Crippen LogP contribution in [0.2, 0.25) is 0 Å². The minimum atomic E-state index is -1.02. The first-order valence-electron chi connectivity index (χ1n) is 6.33. The summed E-state index contributed by atoms with van der Waals surface area (Å²) in [6, 6.07) is 0. The van der Waals surface area contributed by atoms with Crippen LogP contribution in [0.25, 0.3) is 0 Å². The Bertz CT molecular complexity index is 227. The fourth-order valence-electron chi connectivity index (χ4n) is 2.67. The highest BCUT2D eigenvalue weighted by molar-refractivity contribution is 5.78. The van der Waals surface area contributed by atoms with Crippen LogP contribution in [0.4, 0.5) is 0 Å². The summed E-state index contributed by atoms with van der Waals surface area (Å²) < 4.78 is 0. The fraction of sp³-hybridized carbons (Fsp3) is 0.917. The molecule has 1 aliphatic carbocycles. The third-order valence-corrected chi connectivity index (χ3v) is 3.78. The molecule has 1 aliphatic rings. The van der Waals surface area contributed by atoms with E-state index >= 15 is 0 Å². The molecular weight excluding hydrogens is 204 g/mol. The van der Waals surface area contributed by atoms with E-state index in [9.17, 15) is 9.90 Å². The highest BCUT2D eigenvalue weighted by Crippen LogP contribution is 2.34. The van der Waals surface area contributed by atoms with Gasteiger partial charge in [-0.15, -0.1) is 0 Å². The van der Waals surface area contributed by atoms with Crippen molar-refractivity contribution in [1.82, 2.24) is 0 Å². The van der Waals surface area contributed by atoms with E-state index in [0.717, 1.165) is 38.5 Å². The summed E-state index contributed by atoms with van der Waals surface area (Å²) in [4.78, 5) is 11.4. The van der Waals surface area contributed by atoms with Crippen molar-refractivity contribution in [3.63, 3.8) is 0 Å². The van der Waals surface area contributed by atoms with Crippen LogP contribution >= 0.6 is 0 Å². The second kappa shape index (κ2) is 6.21. The van der Waals surface area contributed by atoms with Gasteiger partial charge in [-0.25, -0.2) is 0 Å². The summed E-state index contributed by atoms with van der Waals surface area (Å²) in [5, 5.41) is 9.33. The van der Waals surface area contributed by atoms with E-state index in [1.807, 2.05) is 0 Å². The van der Waals surface area contributed by atoms with Crippen LogP contribution < -0.4 is 11.5 Å². The molecule has 1 fully saturated rings. The number of carboxylic acid groups (broad SMARTS) is 1. The lowest BCUT2D eigenvalue weighted by molar-refractivity contribution is -0.146. The number of aliphatic carboxylic acids is 1. The Morgan fingerprint density at radius 2 is 1.88 bits per heavy atom. The molecule has 4 nitrogen and oxygen atoms in total. The van der Waals surface area contributed by atoms with Crippen LogP contribution in [0.5, 0.6) is 0 Å². The Balaban J connectivity index is 2.58. The van der Waals surface area contributed by atoms with Crippen LogP contribution in [0.15, 0.2) is 0 Å². The van der Waals surface area contributed by atoms with Gasteiger partial charge in [0.15, 0.2) is 0 Å². The maximum atomic E-state index is 11.4. The zero-order chi connectivity index (χ0) is 12.0. The van der Waals surface area contributed by atoms with Gasteiger partial charge in [0, 0.05) is 0 Å². The summed E-state index contributed by atoms with van der Waals surface area (Å²) >= 11 is 0. The van der Waals surface area contributed by atoms with E-state index in [0.29, 0.717) is 13.0 Å². The summed E-state index contributed by atoms with van der Waals surface area (Å²) in [7, 11) is 0. The highest BCUT2D eigenvalue weighted by Gasteiger charge is 2.41. The van der Waals surface area contributed by atoms with E-state index in [1.165, 1.54) is 6.42 Å². The lowest BCUT2D eigenvalue weighted by Gasteiger charge is -2.36. The molecule has 0 aliphatic heterocycles. The monoisotopic (exact) mass is 228 g/mol. The minimum absolute atomic E-state index is 0.150. The van der Waals surface area contributed by atoms with Gasteiger partial charge >= 0.3 is 5.97 Å². The van der Waals surface area contributed by atoms with Gasteiger partial charge < -0.3 is 16.6 Å². The molecule has 1 saturated carbocycles. The van der Waals surface area contributed by atoms with E-state index in [2.05, 4.69) is 0 Å². The Morgan fingerprint density at radius 1 is 1.25 bits per heavy atom. The molecule has 0 radical (unpaired) electrons. The summed E-state index contributed by atoms with van der Waals surface area (Å²) in [5.41, 5.74) is 10.5. The number of carbonyl (C=O) groups is 1. The number of hydrogen-bond donors (Lipinski definition) is 3. The Kier molecular flexibility index (Phi) is 5.22. The third-order valence-electron chi connectivity index (χ3n) is 3.78. The quantitative estimate of drug-likeness (QED) is 0.601. The standard InChI is InChI=1S/C12H24N2O2/c13-9-5-4-8-12(14,11(15)16)10-6-2-1-3-7-10/h10H,1-9,13-14H2,(H,15,16)/t12-/m1/s1. The molecule has 0 unspecified atom stereocenters. The first kappa shape index (κ1) is 13.5. The molecule has 1 atom stereocenters. The average molecular weight is 228 g/mol. The third kappa shape index (κ3) is 3.19. The Morgan fingerprint density at radius 3 is 2.38 bits per heavy atom. The van der Waals surface area contributed by atoms with Crippen molar-refractivity contribution in [2.24, 2.45) is 17.4 Å². The summed E-state index contributed by atoms with van der Waals surface area (Å²) in [6.07, 6.45) is 7.62. The number of nitrogens with two attached hydrogens (primary N) is 2. The van der Waals surface area contributed by atoms with Gasteiger partial charge in [-0.1, -0.05) is 19.3 Å². The van der Waals surface area contributed by atoms with Crippen molar-refractivity contribution in [1.29, 1.82) is 0 Å². The van der Waals surface area contributed by atoms with Crippen molar-refractivity contribution in [3.05, 3.63) is 0 Å². The highest BCUT2D eigenvalue weighted by atomic mass is 16.4. The molecule has 0 aromatic rings. The number of carboxylic acids is 1. The SMILES string of the molecule is NCCCC[C@](N)(C(=O)O)C1CCCCC1. The van der Waals surface area contributed by atoms with Gasteiger partial charge in [0.25, 0.3) is 0 Å². The second-order valence-corrected chi connectivity index (χ2v) is 4.93. The van der Waals surface area contributed by atoms with Crippen LogP contribution in [0.3, 0.4) is 0 Å². The normalized spacial score (nSPS) is 21.6. The first-order chi connectivity index (χ1) is 7.61. The van der Waals surface area contributed by atoms with E-state index in [4.69, 9.17) is 11.5 Å². The lowest BCUT2D eigenvalue weighted by atomic mass is 9.73. The largest absolute Gasteiger partial charge is 0.480 e. The van der Waals surface area contributed by atoms with E-state index < -0.39 is 11.5 Å². The van der Waals surface area contributed by atoms with Crippen LogP contribution in [0.1, 0.15) is 51.4 Å². The van der Waals surface area contributed by atoms with Gasteiger partial charge in [0.1, 0.15) is 5.54 Å². The fourth-order valence-corrected chi connectivity index (χ4v) is 2.67. The molecule has 0 aromatic carbocycles. The molecule has 0 heterocycles. The van der Waals surface area contributed by atoms with Gasteiger partial charge in [0.2, 0.25) is 0 Å². The van der Waals surface area contributed by atoms with Crippen LogP contribution in [0, 0.1) is 5.92 Å². The topological polar surface area (TPSA) is 89.3 Å². The lowest BCUT2D eigenvalue weighted by Crippen LogP contribution is -2.54. The molecular formula is C12H24N2O2. The van der Waals surface area contributed by atoms with Gasteiger partial charge in [-0.3, -0.25) is 4.79 Å². The predicted molar refractivity (Wildman–Crippen MR) is 64.0 cm³/mol. The molecule has 16 heavy (non-hydrogen) atoms. The smallest absolute Gasteiger partial charge is 0.323 e. The molecule has 94 valence electrons. The van der Waals surface area contributed by atoms with E-state index in [1.54, 1.807) is 0 Å². The Labute approximate surface area is 97.4 Å². The van der Waals surface area contributed by atoms with Crippen molar-refractivity contribution in [3.8, 4) is 0 Å². The molecule has 1 rings (SSSR count). The first-order valence-corrected chi connectivity index (χ1v) is 6.33. The molecule has 4 heteroatoms. The minimum Gasteiger partial charge on any atom is -0.480 e. The molecule has 0 bridgehead atoms. The number of rotatable bonds is 6. The molecule has 0 aromatic heterocycles. The predicted octanol–water partition coefficient (Wildman–Crippen LogP) is 1.48. The van der Waals surface area contributed by atoms with Crippen molar-refractivity contribution in [2.45, 2.75) is 56.9 Å². The van der Waals surface area contributed by atoms with Gasteiger partial charge in [-0.2, -0.15) is 0 Å². The van der Waals surface area contributed by atoms with Crippen molar-refractivity contribution < 1.29 is 9.90 Å². The molecule has 0 saturated heterocycles. The van der Waals surface area contributed by atoms with Crippen LogP contribution in [-0.2, 0) is 4.79 Å². The van der Waals surface area contributed by atoms with E-state index in [-0.39, 0.29) is 5.92 Å². The average Bonchev–Trinajstić information content (AvgIpc) is 2.30. The number of unbranched alkanes of at least 4 members (excludes halogenated alkanes) is 1. The maximum Gasteiger partial charge on any atom is 0.323 e. The zero-order valence-corrected chi connectivity index (χ0v) is 9.95. The number of hydrogen-bond acceptors (Lipinski definition) is 3. The Hall–Kier alpha value is -0.610. The van der Waals surface area contributed by atoms with Gasteiger partial charge in [0.05, 0.1) is 0 Å². The van der Waals surface area contributed by atoms with Crippen LogP contribution in [-0.4, -0.2) is 23.2 Å². The molecule has 0 spiro atoms. The van der Waals surface area contributed by atoms with Gasteiger partial charge in [-0.05, 0) is 44.6 Å². The maximum absolute atomic E-state index is 11.4. The summed E-state index contributed by atoms with van der Waals surface area (Å²) in [6.45, 7) is 0.611. The molecule has 0 amide bonds. The summed E-state index contributed by atoms with van der Waals surface area (Å²) in [5.74, 6) is -0.687. The second-order valence-electron chi connectivity index (χ2n) is 4.93. The zero-order valence-electron chi connectivity index (χ0n) is 9.95. The molecule has 5 N–H and O–H groups in total.